The van der Waals surface area contributed by atoms with Gasteiger partial charge in [-0.15, -0.1) is 10.2 Å². The molecule has 1 fully saturated rings. The Labute approximate surface area is 173 Å². The number of hydrogen-bond donors (Lipinski definition) is 0. The van der Waals surface area contributed by atoms with Crippen LogP contribution >= 0.6 is 0 Å². The van der Waals surface area contributed by atoms with Gasteiger partial charge in [0, 0.05) is 13.1 Å². The van der Waals surface area contributed by atoms with Crippen molar-refractivity contribution in [3.8, 4) is 5.75 Å². The number of anilines is 1. The number of oxime groups is 1. The van der Waals surface area contributed by atoms with Gasteiger partial charge >= 0.3 is 6.18 Å². The van der Waals surface area contributed by atoms with Gasteiger partial charge in [-0.25, -0.2) is 0 Å². The average Bonchev–Trinajstić information content (AvgIpc) is 2.75. The van der Waals surface area contributed by atoms with Gasteiger partial charge in [-0.05, 0) is 61.4 Å². The lowest BCUT2D eigenvalue weighted by Crippen LogP contribution is -2.34. The second kappa shape index (κ2) is 10.3. The van der Waals surface area contributed by atoms with E-state index in [1.807, 2.05) is 29.2 Å². The van der Waals surface area contributed by atoms with E-state index in [2.05, 4.69) is 20.2 Å². The molecule has 0 unspecified atom stereocenters. The number of nitrogens with zero attached hydrogens (tertiary/aromatic N) is 4. The van der Waals surface area contributed by atoms with E-state index in [0.717, 1.165) is 56.2 Å². The van der Waals surface area contributed by atoms with E-state index in [1.54, 1.807) is 6.21 Å². The summed E-state index contributed by atoms with van der Waals surface area (Å²) < 4.78 is 43.6. The lowest BCUT2D eigenvalue weighted by Gasteiger charge is -2.32. The van der Waals surface area contributed by atoms with Gasteiger partial charge in [0.2, 0.25) is 0 Å². The predicted molar refractivity (Wildman–Crippen MR) is 108 cm³/mol. The van der Waals surface area contributed by atoms with E-state index in [1.165, 1.54) is 13.2 Å². The molecule has 3 rings (SSSR count). The van der Waals surface area contributed by atoms with Crippen molar-refractivity contribution >= 4 is 12.0 Å². The predicted octanol–water partition coefficient (Wildman–Crippen LogP) is 4.55. The Balaban J connectivity index is 1.38. The highest BCUT2D eigenvalue weighted by molar-refractivity contribution is 5.79. The molecule has 9 heteroatoms. The molecular weight excluding hydrogens is 397 g/mol. The zero-order valence-corrected chi connectivity index (χ0v) is 16.8. The van der Waals surface area contributed by atoms with Crippen molar-refractivity contribution in [3.63, 3.8) is 0 Å². The minimum atomic E-state index is -4.46. The molecule has 2 heterocycles. The standard InChI is InChI=1S/C21H25F3N4O2/c1-29-25-15-17-4-2-6-18(14-17)30-13-3-5-16-9-11-28(12-10-16)20-8-7-19(26-27-20)21(22,23)24/h2,4,6-8,14-16H,3,5,9-13H2,1H3. The second-order valence-electron chi connectivity index (χ2n) is 7.19. The Kier molecular flexibility index (Phi) is 7.48. The van der Waals surface area contributed by atoms with Crippen LogP contribution in [0.1, 0.15) is 36.9 Å². The van der Waals surface area contributed by atoms with E-state index < -0.39 is 11.9 Å². The third-order valence-electron chi connectivity index (χ3n) is 5.07. The molecule has 2 aromatic rings. The van der Waals surface area contributed by atoms with Crippen LogP contribution in [0.5, 0.6) is 5.75 Å². The first-order valence-electron chi connectivity index (χ1n) is 9.91. The first-order valence-corrected chi connectivity index (χ1v) is 9.91. The van der Waals surface area contributed by atoms with Crippen molar-refractivity contribution in [2.24, 2.45) is 11.1 Å². The summed E-state index contributed by atoms with van der Waals surface area (Å²) in [6.45, 7) is 2.17. The number of hydrogen-bond acceptors (Lipinski definition) is 6. The third-order valence-corrected chi connectivity index (χ3v) is 5.07. The van der Waals surface area contributed by atoms with Crippen LogP contribution in [-0.2, 0) is 11.0 Å². The van der Waals surface area contributed by atoms with Crippen LogP contribution in [-0.4, -0.2) is 43.2 Å². The summed E-state index contributed by atoms with van der Waals surface area (Å²) in [6, 6.07) is 10.0. The molecule has 0 N–H and O–H groups in total. The molecule has 1 saturated heterocycles. The highest BCUT2D eigenvalue weighted by atomic mass is 19.4. The summed E-state index contributed by atoms with van der Waals surface area (Å²) in [5.74, 6) is 1.87. The van der Waals surface area contributed by atoms with E-state index in [0.29, 0.717) is 18.3 Å². The number of rotatable bonds is 8. The first kappa shape index (κ1) is 21.9. The fourth-order valence-electron chi connectivity index (χ4n) is 3.46. The Morgan fingerprint density at radius 2 is 1.97 bits per heavy atom. The van der Waals surface area contributed by atoms with E-state index >= 15 is 0 Å². The lowest BCUT2D eigenvalue weighted by atomic mass is 9.92. The number of alkyl halides is 3. The minimum absolute atomic E-state index is 0.502. The van der Waals surface area contributed by atoms with Gasteiger partial charge < -0.3 is 14.5 Å². The number of piperidine rings is 1. The van der Waals surface area contributed by atoms with Crippen LogP contribution < -0.4 is 9.64 Å². The molecule has 0 spiro atoms. The monoisotopic (exact) mass is 422 g/mol. The molecule has 0 radical (unpaired) electrons. The summed E-state index contributed by atoms with van der Waals surface area (Å²) in [7, 11) is 1.50. The SMILES string of the molecule is CON=Cc1cccc(OCCCC2CCN(c3ccc(C(F)(F)F)nn3)CC2)c1. The first-order chi connectivity index (χ1) is 14.5. The van der Waals surface area contributed by atoms with E-state index in [-0.39, 0.29) is 0 Å². The maximum absolute atomic E-state index is 12.6. The quantitative estimate of drug-likeness (QED) is 0.355. The molecule has 0 saturated carbocycles. The molecule has 0 aliphatic carbocycles. The second-order valence-corrected chi connectivity index (χ2v) is 7.19. The van der Waals surface area contributed by atoms with Gasteiger partial charge in [-0.3, -0.25) is 0 Å². The van der Waals surface area contributed by atoms with Gasteiger partial charge in [0.25, 0.3) is 0 Å². The number of aromatic nitrogens is 2. The summed E-state index contributed by atoms with van der Waals surface area (Å²) >= 11 is 0. The van der Waals surface area contributed by atoms with Gasteiger partial charge in [0.1, 0.15) is 12.9 Å². The number of benzene rings is 1. The maximum Gasteiger partial charge on any atom is 0.435 e. The maximum atomic E-state index is 12.6. The molecule has 1 aliphatic rings. The van der Waals surface area contributed by atoms with Crippen molar-refractivity contribution in [2.45, 2.75) is 31.9 Å². The molecule has 0 bridgehead atoms. The van der Waals surface area contributed by atoms with Crippen molar-refractivity contribution in [1.29, 1.82) is 0 Å². The average molecular weight is 422 g/mol. The highest BCUT2D eigenvalue weighted by Crippen LogP contribution is 2.29. The van der Waals surface area contributed by atoms with E-state index in [4.69, 9.17) is 4.74 Å². The molecule has 1 aromatic carbocycles. The molecule has 0 atom stereocenters. The fourth-order valence-corrected chi connectivity index (χ4v) is 3.46. The smallest absolute Gasteiger partial charge is 0.435 e. The Hall–Kier alpha value is -2.84. The van der Waals surface area contributed by atoms with Crippen molar-refractivity contribution in [3.05, 3.63) is 47.7 Å². The third kappa shape index (κ3) is 6.33. The van der Waals surface area contributed by atoms with Crippen LogP contribution in [0.3, 0.4) is 0 Å². The van der Waals surface area contributed by atoms with Crippen molar-refractivity contribution in [2.75, 3.05) is 31.7 Å². The summed E-state index contributed by atoms with van der Waals surface area (Å²) in [5, 5.41) is 10.8. The summed E-state index contributed by atoms with van der Waals surface area (Å²) in [5.41, 5.74) is -0.0502. The number of ether oxygens (including phenoxy) is 1. The largest absolute Gasteiger partial charge is 0.494 e. The Bertz CT molecular complexity index is 820. The minimum Gasteiger partial charge on any atom is -0.494 e. The normalized spacial score (nSPS) is 15.5. The summed E-state index contributed by atoms with van der Waals surface area (Å²) in [6.07, 6.45) is 1.12. The molecule has 162 valence electrons. The van der Waals surface area contributed by atoms with E-state index in [9.17, 15) is 13.2 Å². The fraction of sp³-hybridized carbons (Fsp3) is 0.476. The molecule has 1 aliphatic heterocycles. The zero-order chi connectivity index (χ0) is 21.4. The van der Waals surface area contributed by atoms with Crippen LogP contribution in [0.15, 0.2) is 41.6 Å². The molecule has 30 heavy (non-hydrogen) atoms. The topological polar surface area (TPSA) is 59.8 Å². The Morgan fingerprint density at radius 1 is 1.17 bits per heavy atom. The lowest BCUT2D eigenvalue weighted by molar-refractivity contribution is -0.141. The van der Waals surface area contributed by atoms with Gasteiger partial charge in [-0.1, -0.05) is 17.3 Å². The molecular formula is C21H25F3N4O2. The van der Waals surface area contributed by atoms with Crippen LogP contribution in [0, 0.1) is 5.92 Å². The van der Waals surface area contributed by atoms with Crippen molar-refractivity contribution < 1.29 is 22.7 Å². The van der Waals surface area contributed by atoms with Crippen LogP contribution in [0.2, 0.25) is 0 Å². The van der Waals surface area contributed by atoms with Crippen LogP contribution in [0.4, 0.5) is 19.0 Å². The summed E-state index contributed by atoms with van der Waals surface area (Å²) in [4.78, 5) is 6.67. The molecule has 0 amide bonds. The van der Waals surface area contributed by atoms with Gasteiger partial charge in [0.05, 0.1) is 12.8 Å². The zero-order valence-electron chi connectivity index (χ0n) is 16.8. The Morgan fingerprint density at radius 3 is 2.63 bits per heavy atom. The van der Waals surface area contributed by atoms with Crippen molar-refractivity contribution in [1.82, 2.24) is 10.2 Å². The number of halogens is 3. The van der Waals surface area contributed by atoms with Gasteiger partial charge in [0.15, 0.2) is 11.5 Å². The van der Waals surface area contributed by atoms with Crippen LogP contribution in [0.25, 0.3) is 0 Å². The van der Waals surface area contributed by atoms with Gasteiger partial charge in [-0.2, -0.15) is 13.2 Å². The molecule has 1 aromatic heterocycles. The highest BCUT2D eigenvalue weighted by Gasteiger charge is 2.33. The molecule has 6 nitrogen and oxygen atoms in total.